The Bertz CT molecular complexity index is 3470. The first-order valence-corrected chi connectivity index (χ1v) is 26.4. The lowest BCUT2D eigenvalue weighted by Gasteiger charge is -2.15. The molecule has 4 heterocycles. The van der Waals surface area contributed by atoms with Crippen molar-refractivity contribution in [3.05, 3.63) is 142 Å². The van der Waals surface area contributed by atoms with E-state index in [-0.39, 0.29) is 0 Å². The summed E-state index contributed by atoms with van der Waals surface area (Å²) in [7, 11) is 0. The number of nitrogens with zero attached hydrogens (tertiary/aromatic N) is 4. The summed E-state index contributed by atoms with van der Waals surface area (Å²) in [5, 5.41) is 31.1. The summed E-state index contributed by atoms with van der Waals surface area (Å²) < 4.78 is 14.8. The minimum atomic E-state index is 0.411. The molecule has 10 heteroatoms. The average Bonchev–Trinajstić information content (AvgIpc) is 4.21. The maximum atomic E-state index is 11.4. The topological polar surface area (TPSA) is 123 Å². The highest BCUT2D eigenvalue weighted by Gasteiger charge is 2.25. The largest absolute Gasteiger partial charge is 0.493 e. The minimum Gasteiger partial charge on any atom is -0.493 e. The molecule has 0 saturated heterocycles. The van der Waals surface area contributed by atoms with E-state index < -0.39 is 0 Å². The van der Waals surface area contributed by atoms with Gasteiger partial charge >= 0.3 is 0 Å². The van der Waals surface area contributed by atoms with Gasteiger partial charge < -0.3 is 19.4 Å². The molecule has 10 aromatic rings. The van der Waals surface area contributed by atoms with Crippen LogP contribution in [0, 0.1) is 34.5 Å². The number of rotatable bonds is 18. The molecule has 0 aliphatic heterocycles. The van der Waals surface area contributed by atoms with Gasteiger partial charge in [-0.2, -0.15) is 10.5 Å². The molecular weight excluding hydrogens is 901 g/mol. The summed E-state index contributed by atoms with van der Waals surface area (Å²) >= 11 is 3.04. The summed E-state index contributed by atoms with van der Waals surface area (Å²) in [6, 6.07) is 46.4. The van der Waals surface area contributed by atoms with E-state index in [1.807, 2.05) is 60.7 Å². The van der Waals surface area contributed by atoms with Gasteiger partial charge in [-0.05, 0) is 107 Å². The van der Waals surface area contributed by atoms with E-state index in [4.69, 9.17) is 19.4 Å². The zero-order chi connectivity index (χ0) is 48.1. The van der Waals surface area contributed by atoms with Crippen LogP contribution in [0.15, 0.2) is 121 Å². The van der Waals surface area contributed by atoms with Crippen molar-refractivity contribution in [2.45, 2.75) is 79.1 Å². The lowest BCUT2D eigenvalue weighted by Crippen LogP contribution is -2.11. The number of nitrogens with one attached hydrogen (secondary N) is 2. The van der Waals surface area contributed by atoms with Crippen molar-refractivity contribution >= 4 is 86.6 Å². The number of unbranched alkanes of at least 4 members (excludes halogenated alkanes) is 2. The van der Waals surface area contributed by atoms with Crippen LogP contribution in [0.1, 0.15) is 89.1 Å². The van der Waals surface area contributed by atoms with Crippen molar-refractivity contribution in [2.24, 2.45) is 11.8 Å². The molecule has 0 saturated carbocycles. The maximum Gasteiger partial charge on any atom is 0.137 e. The second kappa shape index (κ2) is 20.8. The highest BCUT2D eigenvalue weighted by Crippen LogP contribution is 2.38. The smallest absolute Gasteiger partial charge is 0.137 e. The summed E-state index contributed by atoms with van der Waals surface area (Å²) in [6.45, 7) is 10.2. The fourth-order valence-electron chi connectivity index (χ4n) is 9.66. The first-order chi connectivity index (χ1) is 34.4. The van der Waals surface area contributed by atoms with Crippen LogP contribution in [-0.4, -0.2) is 33.1 Å². The van der Waals surface area contributed by atoms with Gasteiger partial charge in [0.1, 0.15) is 44.8 Å². The van der Waals surface area contributed by atoms with E-state index in [2.05, 4.69) is 110 Å². The van der Waals surface area contributed by atoms with Crippen molar-refractivity contribution in [1.29, 1.82) is 10.5 Å². The first-order valence-electron chi connectivity index (χ1n) is 24.8. The molecule has 350 valence electrons. The molecule has 70 heavy (non-hydrogen) atoms. The molecule has 2 N–H and O–H groups in total. The molecule has 0 radical (unpaired) electrons. The van der Waals surface area contributed by atoms with Gasteiger partial charge in [0, 0.05) is 21.5 Å². The van der Waals surface area contributed by atoms with Crippen LogP contribution < -0.4 is 20.2 Å². The quantitative estimate of drug-likeness (QED) is 0.0883. The van der Waals surface area contributed by atoms with Gasteiger partial charge in [-0.15, -0.1) is 22.7 Å². The van der Waals surface area contributed by atoms with Gasteiger partial charge in [-0.1, -0.05) is 127 Å². The number of thiazole rings is 2. The zero-order valence-electron chi connectivity index (χ0n) is 40.2. The van der Waals surface area contributed by atoms with Gasteiger partial charge in [0.15, 0.2) is 0 Å². The van der Waals surface area contributed by atoms with E-state index in [0.717, 1.165) is 112 Å². The molecule has 6 aromatic carbocycles. The predicted molar refractivity (Wildman–Crippen MR) is 291 cm³/mol. The van der Waals surface area contributed by atoms with Gasteiger partial charge in [-0.25, -0.2) is 9.97 Å². The monoisotopic (exact) mass is 956 g/mol. The summed E-state index contributed by atoms with van der Waals surface area (Å²) in [5.74, 6) is 2.58. The van der Waals surface area contributed by atoms with Crippen LogP contribution in [0.3, 0.4) is 0 Å². The van der Waals surface area contributed by atoms with Crippen molar-refractivity contribution in [2.75, 3.05) is 13.2 Å². The lowest BCUT2D eigenvalue weighted by molar-refractivity contribution is 0.233. The third-order valence-corrected chi connectivity index (χ3v) is 16.0. The Kier molecular flexibility index (Phi) is 13.8. The van der Waals surface area contributed by atoms with Crippen LogP contribution in [0.25, 0.3) is 86.4 Å². The normalized spacial score (nSPS) is 13.5. The van der Waals surface area contributed by atoms with Crippen LogP contribution in [-0.2, 0) is 0 Å². The summed E-state index contributed by atoms with van der Waals surface area (Å²) in [6.07, 6.45) is 9.14. The van der Waals surface area contributed by atoms with Gasteiger partial charge in [0.05, 0.1) is 55.7 Å². The molecule has 0 aliphatic rings. The Morgan fingerprint density at radius 1 is 0.543 bits per heavy atom. The number of aromatic nitrogens is 4. The third kappa shape index (κ3) is 9.06. The number of nitriles is 2. The van der Waals surface area contributed by atoms with Crippen LogP contribution in [0.4, 0.5) is 0 Å². The Hall–Kier alpha value is -7.24. The summed E-state index contributed by atoms with van der Waals surface area (Å²) in [4.78, 5) is 17.9. The van der Waals surface area contributed by atoms with Crippen LogP contribution in [0.2, 0.25) is 0 Å². The van der Waals surface area contributed by atoms with Crippen molar-refractivity contribution in [3.63, 3.8) is 0 Å². The number of hydrogen-bond donors (Lipinski definition) is 2. The first kappa shape index (κ1) is 46.5. The standard InChI is InChI=1S/C60H56N6O2S2/c1-5-9-15-37(7-3)35-67-43-27-21-41(22-28-43)53-51-52(56(65-53)48(34-62)60-64-50-32-26-40-18-12-14-20-46(40)58(50)70-60)54(42-23-29-44(30-24-42)68-36-38(8-4)16-10-6-2)66-55(51)47(33-61)59-63-49-31-25-39-17-11-13-19-45(39)57(49)69-59/h11-14,17-32,37-38,65-66H,5-10,15-16,35-36H2,1-4H3/b55-47-,56-48-. The number of hydrogen-bond acceptors (Lipinski definition) is 8. The van der Waals surface area contributed by atoms with E-state index >= 15 is 0 Å². The third-order valence-electron chi connectivity index (χ3n) is 13.8. The van der Waals surface area contributed by atoms with E-state index in [0.29, 0.717) is 56.9 Å². The molecule has 8 nitrogen and oxygen atoms in total. The SMILES string of the molecule is CCCCC(CC)COc1ccc(-c2[nH]/c(=C(/C#N)c3nc4ccc5ccccc5c4s3)c3c(-c4ccc(OCC(CC)CCCC)cc4)[nH]/c(=C(/C#N)c4nc5ccc6ccccc6c5s4)c23)cc1. The Morgan fingerprint density at radius 3 is 1.34 bits per heavy atom. The highest BCUT2D eigenvalue weighted by atomic mass is 32.1. The number of benzene rings is 6. The summed E-state index contributed by atoms with van der Waals surface area (Å²) in [5.41, 5.74) is 5.77. The Morgan fingerprint density at radius 2 is 0.957 bits per heavy atom. The molecule has 0 fully saturated rings. The maximum absolute atomic E-state index is 11.4. The zero-order valence-corrected chi connectivity index (χ0v) is 41.8. The number of fused-ring (bicyclic) bond motifs is 7. The number of H-pyrrole nitrogens is 2. The van der Waals surface area contributed by atoms with Gasteiger partial charge in [0.25, 0.3) is 0 Å². The van der Waals surface area contributed by atoms with Crippen molar-refractivity contribution < 1.29 is 9.47 Å². The number of ether oxygens (including phenoxy) is 2. The van der Waals surface area contributed by atoms with Crippen LogP contribution in [0.5, 0.6) is 11.5 Å². The fourth-order valence-corrected chi connectivity index (χ4v) is 11.9. The molecule has 0 spiro atoms. The Balaban J connectivity index is 1.22. The van der Waals surface area contributed by atoms with Crippen LogP contribution >= 0.6 is 22.7 Å². The average molecular weight is 957 g/mol. The van der Waals surface area contributed by atoms with Crippen molar-refractivity contribution in [1.82, 2.24) is 19.9 Å². The van der Waals surface area contributed by atoms with E-state index in [9.17, 15) is 10.5 Å². The fraction of sp³-hybridized carbons (Fsp3) is 0.267. The lowest BCUT2D eigenvalue weighted by atomic mass is 10.0. The molecule has 2 atom stereocenters. The molecule has 0 aliphatic carbocycles. The van der Waals surface area contributed by atoms with Gasteiger partial charge in [-0.3, -0.25) is 0 Å². The molecule has 10 rings (SSSR count). The highest BCUT2D eigenvalue weighted by molar-refractivity contribution is 7.21. The second-order valence-corrected chi connectivity index (χ2v) is 20.3. The minimum absolute atomic E-state index is 0.411. The van der Waals surface area contributed by atoms with Crippen molar-refractivity contribution in [3.8, 4) is 46.2 Å². The molecule has 2 unspecified atom stereocenters. The van der Waals surface area contributed by atoms with E-state index in [1.54, 1.807) is 0 Å². The number of aromatic amines is 2. The van der Waals surface area contributed by atoms with Gasteiger partial charge in [0.2, 0.25) is 0 Å². The molecule has 4 aromatic heterocycles. The van der Waals surface area contributed by atoms with E-state index in [1.165, 1.54) is 48.4 Å². The second-order valence-electron chi connectivity index (χ2n) is 18.3. The predicted octanol–water partition coefficient (Wildman–Crippen LogP) is 15.0. The molecule has 0 amide bonds. The Labute approximate surface area is 416 Å². The molecular formula is C60H56N6O2S2. The molecule has 0 bridgehead atoms.